The Labute approximate surface area is 156 Å². The molecule has 0 spiro atoms. The van der Waals surface area contributed by atoms with E-state index in [9.17, 15) is 9.90 Å². The number of benzene rings is 2. The number of amides is 1. The summed E-state index contributed by atoms with van der Waals surface area (Å²) in [7, 11) is 0. The van der Waals surface area contributed by atoms with E-state index < -0.39 is 0 Å². The number of aryl methyl sites for hydroxylation is 1. The van der Waals surface area contributed by atoms with Gasteiger partial charge in [0.05, 0.1) is 31.9 Å². The van der Waals surface area contributed by atoms with Crippen molar-refractivity contribution in [2.75, 3.05) is 42.9 Å². The molecule has 3 rings (SSSR count). The molecule has 1 amide bonds. The van der Waals surface area contributed by atoms with Crippen molar-refractivity contribution in [3.63, 3.8) is 0 Å². The van der Waals surface area contributed by atoms with Crippen LogP contribution >= 0.6 is 15.9 Å². The normalized spacial score (nSPS) is 15.2. The number of nitrogens with one attached hydrogen (secondary N) is 2. The number of halogens is 1. The maximum Gasteiger partial charge on any atom is 0.279 e. The second-order valence-corrected chi connectivity index (χ2v) is 7.27. The third-order valence-electron chi connectivity index (χ3n) is 4.55. The van der Waals surface area contributed by atoms with Crippen molar-refractivity contribution >= 4 is 33.2 Å². The molecule has 6 heteroatoms. The first kappa shape index (κ1) is 17.8. The molecule has 0 atom stereocenters. The van der Waals surface area contributed by atoms with Crippen LogP contribution in [-0.4, -0.2) is 43.7 Å². The summed E-state index contributed by atoms with van der Waals surface area (Å²) < 4.78 is 1.04. The van der Waals surface area contributed by atoms with E-state index in [1.165, 1.54) is 4.90 Å². The van der Waals surface area contributed by atoms with Crippen molar-refractivity contribution in [1.82, 2.24) is 0 Å². The number of hydrogen-bond acceptors (Lipinski definition) is 3. The number of carbonyl (C=O) groups is 1. The third kappa shape index (κ3) is 4.52. The number of carbonyl (C=O) groups excluding carboxylic acids is 1. The summed E-state index contributed by atoms with van der Waals surface area (Å²) in [4.78, 5) is 15.7. The zero-order valence-electron chi connectivity index (χ0n) is 14.3. The molecule has 0 unspecified atom stereocenters. The van der Waals surface area contributed by atoms with Crippen molar-refractivity contribution in [2.24, 2.45) is 0 Å². The average Bonchev–Trinajstić information content (AvgIpc) is 2.59. The van der Waals surface area contributed by atoms with Crippen molar-refractivity contribution in [3.05, 3.63) is 52.5 Å². The number of rotatable bonds is 4. The fraction of sp³-hybridized carbons (Fsp3) is 0.316. The van der Waals surface area contributed by atoms with E-state index >= 15 is 0 Å². The van der Waals surface area contributed by atoms with Gasteiger partial charge in [-0.1, -0.05) is 28.1 Å². The van der Waals surface area contributed by atoms with E-state index in [-0.39, 0.29) is 5.91 Å². The molecule has 0 bridgehead atoms. The summed E-state index contributed by atoms with van der Waals surface area (Å²) in [5.74, 6) is 0.349. The maximum atomic E-state index is 12.3. The number of phenolic OH excluding ortho intramolecular Hbond substituents is 1. The molecule has 2 aromatic carbocycles. The number of quaternary nitrogens is 1. The highest BCUT2D eigenvalue weighted by atomic mass is 79.9. The lowest BCUT2D eigenvalue weighted by molar-refractivity contribution is -0.892. The molecule has 2 aromatic rings. The molecular formula is C19H23BrN3O2+. The summed E-state index contributed by atoms with van der Waals surface area (Å²) in [6.45, 7) is 5.88. The standard InChI is InChI=1S/C19H22BrN3O2/c1-14-12-15(6-7-16(14)20)21-19(25)13-22-8-10-23(11-9-22)17-4-2-3-5-18(17)24/h2-7,12,24H,8-11,13H2,1H3,(H,21,25)/p+1. The monoisotopic (exact) mass is 404 g/mol. The van der Waals surface area contributed by atoms with Gasteiger partial charge in [-0.05, 0) is 42.8 Å². The predicted octanol–water partition coefficient (Wildman–Crippen LogP) is 1.81. The lowest BCUT2D eigenvalue weighted by Gasteiger charge is -2.33. The summed E-state index contributed by atoms with van der Waals surface area (Å²) in [5, 5.41) is 12.9. The molecule has 5 nitrogen and oxygen atoms in total. The second-order valence-electron chi connectivity index (χ2n) is 6.41. The Balaban J connectivity index is 1.51. The van der Waals surface area contributed by atoms with Gasteiger partial charge in [-0.15, -0.1) is 0 Å². The predicted molar refractivity (Wildman–Crippen MR) is 103 cm³/mol. The van der Waals surface area contributed by atoms with Gasteiger partial charge < -0.3 is 20.2 Å². The topological polar surface area (TPSA) is 57.0 Å². The zero-order valence-corrected chi connectivity index (χ0v) is 15.8. The highest BCUT2D eigenvalue weighted by Crippen LogP contribution is 2.26. The van der Waals surface area contributed by atoms with Gasteiger partial charge >= 0.3 is 0 Å². The largest absolute Gasteiger partial charge is 0.506 e. The maximum absolute atomic E-state index is 12.3. The van der Waals surface area contributed by atoms with Crippen LogP contribution in [0, 0.1) is 6.92 Å². The Morgan fingerprint density at radius 3 is 2.64 bits per heavy atom. The molecule has 1 fully saturated rings. The van der Waals surface area contributed by atoms with Crippen molar-refractivity contribution in [3.8, 4) is 5.75 Å². The molecule has 0 aromatic heterocycles. The Hall–Kier alpha value is -2.05. The minimum Gasteiger partial charge on any atom is -0.506 e. The zero-order chi connectivity index (χ0) is 17.8. The van der Waals surface area contributed by atoms with Crippen LogP contribution in [0.1, 0.15) is 5.56 Å². The number of piperazine rings is 1. The van der Waals surface area contributed by atoms with Gasteiger partial charge in [0.2, 0.25) is 0 Å². The lowest BCUT2D eigenvalue weighted by Crippen LogP contribution is -3.15. The van der Waals surface area contributed by atoms with Crippen molar-refractivity contribution < 1.29 is 14.8 Å². The quantitative estimate of drug-likeness (QED) is 0.728. The molecule has 0 radical (unpaired) electrons. The highest BCUT2D eigenvalue weighted by molar-refractivity contribution is 9.10. The first-order valence-corrected chi connectivity index (χ1v) is 9.25. The summed E-state index contributed by atoms with van der Waals surface area (Å²) >= 11 is 3.47. The minimum absolute atomic E-state index is 0.0349. The van der Waals surface area contributed by atoms with Gasteiger partial charge in [0.15, 0.2) is 6.54 Å². The van der Waals surface area contributed by atoms with Gasteiger partial charge in [0.1, 0.15) is 5.75 Å². The van der Waals surface area contributed by atoms with Crippen molar-refractivity contribution in [1.29, 1.82) is 0 Å². The molecule has 0 saturated carbocycles. The third-order valence-corrected chi connectivity index (χ3v) is 5.43. The Morgan fingerprint density at radius 1 is 1.24 bits per heavy atom. The van der Waals surface area contributed by atoms with Gasteiger partial charge in [0, 0.05) is 10.2 Å². The Kier molecular flexibility index (Phi) is 5.60. The van der Waals surface area contributed by atoms with Gasteiger partial charge in [-0.25, -0.2) is 0 Å². The van der Waals surface area contributed by atoms with Gasteiger partial charge in [-0.3, -0.25) is 4.79 Å². The van der Waals surface area contributed by atoms with Gasteiger partial charge in [-0.2, -0.15) is 0 Å². The minimum atomic E-state index is 0.0349. The van der Waals surface area contributed by atoms with E-state index in [0.29, 0.717) is 12.3 Å². The molecule has 1 heterocycles. The van der Waals surface area contributed by atoms with Crippen LogP contribution < -0.4 is 15.1 Å². The van der Waals surface area contributed by atoms with Gasteiger partial charge in [0.25, 0.3) is 5.91 Å². The van der Waals surface area contributed by atoms with Crippen LogP contribution in [0.3, 0.4) is 0 Å². The van der Waals surface area contributed by atoms with Crippen LogP contribution in [0.4, 0.5) is 11.4 Å². The first-order valence-electron chi connectivity index (χ1n) is 8.45. The Morgan fingerprint density at radius 2 is 1.96 bits per heavy atom. The van der Waals surface area contributed by atoms with Crippen molar-refractivity contribution in [2.45, 2.75) is 6.92 Å². The van der Waals surface area contributed by atoms with Crippen LogP contribution in [0.25, 0.3) is 0 Å². The molecule has 3 N–H and O–H groups in total. The Bertz CT molecular complexity index is 758. The van der Waals surface area contributed by atoms with Crippen LogP contribution in [0.15, 0.2) is 46.9 Å². The van der Waals surface area contributed by atoms with E-state index in [0.717, 1.165) is 47.6 Å². The highest BCUT2D eigenvalue weighted by Gasteiger charge is 2.23. The number of para-hydroxylation sites is 2. The molecule has 25 heavy (non-hydrogen) atoms. The van der Waals surface area contributed by atoms with Crippen LogP contribution in [-0.2, 0) is 4.79 Å². The van der Waals surface area contributed by atoms with E-state index in [2.05, 4.69) is 26.1 Å². The van der Waals surface area contributed by atoms with E-state index in [4.69, 9.17) is 0 Å². The molecule has 1 aliphatic heterocycles. The summed E-state index contributed by atoms with van der Waals surface area (Å²) in [6, 6.07) is 13.2. The number of anilines is 2. The smallest absolute Gasteiger partial charge is 0.279 e. The molecule has 1 aliphatic rings. The SMILES string of the molecule is Cc1cc(NC(=O)C[NH+]2CCN(c3ccccc3O)CC2)ccc1Br. The molecule has 1 saturated heterocycles. The molecule has 132 valence electrons. The lowest BCUT2D eigenvalue weighted by atomic mass is 10.2. The van der Waals surface area contributed by atoms with Crippen LogP contribution in [0.2, 0.25) is 0 Å². The fourth-order valence-corrected chi connectivity index (χ4v) is 3.37. The number of hydrogen-bond donors (Lipinski definition) is 3. The molecular weight excluding hydrogens is 382 g/mol. The number of phenols is 1. The molecule has 0 aliphatic carbocycles. The first-order chi connectivity index (χ1) is 12.0. The average molecular weight is 405 g/mol. The van der Waals surface area contributed by atoms with E-state index in [1.807, 2.05) is 43.3 Å². The fourth-order valence-electron chi connectivity index (χ4n) is 3.13. The number of nitrogens with zero attached hydrogens (tertiary/aromatic N) is 1. The number of aromatic hydroxyl groups is 1. The summed E-state index contributed by atoms with van der Waals surface area (Å²) in [5.41, 5.74) is 2.80. The summed E-state index contributed by atoms with van der Waals surface area (Å²) in [6.07, 6.45) is 0. The van der Waals surface area contributed by atoms with E-state index in [1.54, 1.807) is 6.07 Å². The second kappa shape index (κ2) is 7.89. The van der Waals surface area contributed by atoms with Crippen LogP contribution in [0.5, 0.6) is 5.75 Å².